The van der Waals surface area contributed by atoms with Crippen molar-refractivity contribution in [3.8, 4) is 5.75 Å². The highest BCUT2D eigenvalue weighted by atomic mass is 127. The minimum Gasteiger partial charge on any atom is -0.505 e. The van der Waals surface area contributed by atoms with Crippen LogP contribution in [0.3, 0.4) is 0 Å². The average molecular weight is 401 g/mol. The number of aromatic hydroxyl groups is 1. The summed E-state index contributed by atoms with van der Waals surface area (Å²) in [7, 11) is 0. The van der Waals surface area contributed by atoms with Gasteiger partial charge in [-0.3, -0.25) is 0 Å². The molecule has 0 fully saturated rings. The summed E-state index contributed by atoms with van der Waals surface area (Å²) in [6, 6.07) is 9.45. The molecule has 17 heavy (non-hydrogen) atoms. The van der Waals surface area contributed by atoms with Gasteiger partial charge < -0.3 is 5.11 Å². The topological polar surface area (TPSA) is 46.0 Å². The number of nitrogens with zero attached hydrogens (tertiary/aromatic N) is 2. The second-order valence-corrected chi connectivity index (χ2v) is 5.61. The van der Waals surface area contributed by atoms with Crippen molar-refractivity contribution in [2.75, 3.05) is 0 Å². The maximum atomic E-state index is 10.0. The molecule has 1 aromatic heterocycles. The van der Waals surface area contributed by atoms with Crippen molar-refractivity contribution in [1.82, 2.24) is 9.97 Å². The van der Waals surface area contributed by atoms with Gasteiger partial charge in [0.25, 0.3) is 0 Å². The Morgan fingerprint density at radius 2 is 1.65 bits per heavy atom. The smallest absolute Gasteiger partial charge is 0.156 e. The van der Waals surface area contributed by atoms with E-state index in [9.17, 15) is 5.11 Å². The fraction of sp³-hybridized carbons (Fsp3) is 0. The number of aromatic nitrogens is 2. The summed E-state index contributed by atoms with van der Waals surface area (Å²) in [6.07, 6.45) is 0. The number of phenolic OH excluding ortho intramolecular Hbond substituents is 1. The maximum Gasteiger partial charge on any atom is 0.156 e. The molecule has 3 rings (SSSR count). The van der Waals surface area contributed by atoms with Crippen LogP contribution in [0, 0.1) is 3.57 Å². The minimum absolute atomic E-state index is 0.182. The second-order valence-electron chi connectivity index (χ2n) is 3.60. The molecular weight excluding hydrogens is 395 g/mol. The normalized spacial score (nSPS) is 11.2. The third kappa shape index (κ3) is 1.77. The van der Waals surface area contributed by atoms with E-state index in [1.807, 2.05) is 30.3 Å². The predicted molar refractivity (Wildman–Crippen MR) is 79.1 cm³/mol. The average Bonchev–Trinajstić information content (AvgIpc) is 2.34. The molecule has 3 nitrogen and oxygen atoms in total. The van der Waals surface area contributed by atoms with Gasteiger partial charge >= 0.3 is 0 Å². The fourth-order valence-corrected chi connectivity index (χ4v) is 3.19. The number of phenols is 1. The van der Waals surface area contributed by atoms with Crippen LogP contribution in [-0.2, 0) is 0 Å². The summed E-state index contributed by atoms with van der Waals surface area (Å²) >= 11 is 5.52. The standard InChI is InChI=1S/C12H6BrIN2O/c13-6-5-7(14)12(17)11-10(6)15-8-3-1-2-4-9(8)16-11/h1-5,17H. The van der Waals surface area contributed by atoms with Crippen molar-refractivity contribution in [2.45, 2.75) is 0 Å². The monoisotopic (exact) mass is 400 g/mol. The Labute approximate surface area is 119 Å². The molecule has 5 heteroatoms. The zero-order valence-electron chi connectivity index (χ0n) is 8.48. The van der Waals surface area contributed by atoms with Crippen LogP contribution in [0.25, 0.3) is 22.1 Å². The molecule has 0 radical (unpaired) electrons. The van der Waals surface area contributed by atoms with Gasteiger partial charge in [-0.05, 0) is 56.7 Å². The van der Waals surface area contributed by atoms with Crippen LogP contribution in [-0.4, -0.2) is 15.1 Å². The van der Waals surface area contributed by atoms with Crippen LogP contribution in [0.1, 0.15) is 0 Å². The summed E-state index contributed by atoms with van der Waals surface area (Å²) in [5.74, 6) is 0.182. The third-order valence-corrected chi connectivity index (χ3v) is 3.93. The van der Waals surface area contributed by atoms with E-state index in [0.717, 1.165) is 19.1 Å². The predicted octanol–water partition coefficient (Wildman–Crippen LogP) is 3.86. The van der Waals surface area contributed by atoms with Gasteiger partial charge in [0.2, 0.25) is 0 Å². The Kier molecular flexibility index (Phi) is 2.67. The highest BCUT2D eigenvalue weighted by Gasteiger charge is 2.12. The molecule has 0 atom stereocenters. The van der Waals surface area contributed by atoms with Crippen molar-refractivity contribution < 1.29 is 5.11 Å². The van der Waals surface area contributed by atoms with Crippen molar-refractivity contribution >= 4 is 60.6 Å². The van der Waals surface area contributed by atoms with Gasteiger partial charge in [-0.2, -0.15) is 0 Å². The Morgan fingerprint density at radius 3 is 2.29 bits per heavy atom. The zero-order valence-corrected chi connectivity index (χ0v) is 12.2. The van der Waals surface area contributed by atoms with E-state index in [1.54, 1.807) is 0 Å². The number of fused-ring (bicyclic) bond motifs is 2. The fourth-order valence-electron chi connectivity index (χ4n) is 1.69. The molecule has 0 aliphatic rings. The number of para-hydroxylation sites is 2. The largest absolute Gasteiger partial charge is 0.505 e. The van der Waals surface area contributed by atoms with Gasteiger partial charge in [-0.1, -0.05) is 12.1 Å². The summed E-state index contributed by atoms with van der Waals surface area (Å²) in [4.78, 5) is 8.96. The molecule has 0 spiro atoms. The van der Waals surface area contributed by atoms with Crippen LogP contribution in [0.4, 0.5) is 0 Å². The Bertz CT molecular complexity index is 745. The van der Waals surface area contributed by atoms with E-state index in [1.165, 1.54) is 0 Å². The lowest BCUT2D eigenvalue weighted by molar-refractivity contribution is 0.476. The third-order valence-electron chi connectivity index (χ3n) is 2.50. The Hall–Kier alpha value is -0.950. The first-order chi connectivity index (χ1) is 8.16. The van der Waals surface area contributed by atoms with E-state index < -0.39 is 0 Å². The van der Waals surface area contributed by atoms with E-state index >= 15 is 0 Å². The molecule has 1 N–H and O–H groups in total. The van der Waals surface area contributed by atoms with E-state index in [0.29, 0.717) is 11.0 Å². The molecule has 3 aromatic rings. The molecule has 0 unspecified atom stereocenters. The highest BCUT2D eigenvalue weighted by molar-refractivity contribution is 14.1. The molecule has 0 saturated carbocycles. The first-order valence-electron chi connectivity index (χ1n) is 4.90. The molecule has 0 bridgehead atoms. The van der Waals surface area contributed by atoms with E-state index in [2.05, 4.69) is 48.5 Å². The SMILES string of the molecule is Oc1c(I)cc(Br)c2nc3ccccc3nc12. The van der Waals surface area contributed by atoms with Crippen molar-refractivity contribution in [2.24, 2.45) is 0 Å². The van der Waals surface area contributed by atoms with E-state index in [-0.39, 0.29) is 5.75 Å². The van der Waals surface area contributed by atoms with Gasteiger partial charge in [0.1, 0.15) is 11.0 Å². The van der Waals surface area contributed by atoms with Crippen molar-refractivity contribution in [3.05, 3.63) is 38.4 Å². The molecule has 0 aliphatic heterocycles. The van der Waals surface area contributed by atoms with Crippen molar-refractivity contribution in [1.29, 1.82) is 0 Å². The molecule has 0 saturated heterocycles. The summed E-state index contributed by atoms with van der Waals surface area (Å²) in [5, 5.41) is 10.0. The molecule has 84 valence electrons. The molecule has 2 aromatic carbocycles. The number of halogens is 2. The Morgan fingerprint density at radius 1 is 1.06 bits per heavy atom. The Balaban J connectivity index is 2.56. The van der Waals surface area contributed by atoms with Gasteiger partial charge in [-0.25, -0.2) is 9.97 Å². The first-order valence-corrected chi connectivity index (χ1v) is 6.77. The van der Waals surface area contributed by atoms with E-state index in [4.69, 9.17) is 0 Å². The van der Waals surface area contributed by atoms with Gasteiger partial charge in [0.05, 0.1) is 14.6 Å². The molecule has 0 amide bonds. The lowest BCUT2D eigenvalue weighted by Crippen LogP contribution is -1.90. The number of benzene rings is 2. The number of hydrogen-bond acceptors (Lipinski definition) is 3. The molecular formula is C12H6BrIN2O. The first kappa shape index (κ1) is 11.2. The lowest BCUT2D eigenvalue weighted by atomic mass is 10.2. The van der Waals surface area contributed by atoms with Gasteiger partial charge in [0, 0.05) is 4.47 Å². The lowest BCUT2D eigenvalue weighted by Gasteiger charge is -2.06. The maximum absolute atomic E-state index is 10.0. The summed E-state index contributed by atoms with van der Waals surface area (Å²) in [6.45, 7) is 0. The zero-order chi connectivity index (χ0) is 12.0. The number of rotatable bonds is 0. The van der Waals surface area contributed by atoms with Crippen LogP contribution in [0.2, 0.25) is 0 Å². The molecule has 1 heterocycles. The molecule has 0 aliphatic carbocycles. The summed E-state index contributed by atoms with van der Waals surface area (Å²) in [5.41, 5.74) is 2.81. The van der Waals surface area contributed by atoms with Gasteiger partial charge in [-0.15, -0.1) is 0 Å². The second kappa shape index (κ2) is 4.06. The van der Waals surface area contributed by atoms with Crippen LogP contribution in [0.5, 0.6) is 5.75 Å². The highest BCUT2D eigenvalue weighted by Crippen LogP contribution is 2.34. The van der Waals surface area contributed by atoms with Crippen LogP contribution in [0.15, 0.2) is 34.8 Å². The van der Waals surface area contributed by atoms with Gasteiger partial charge in [0.15, 0.2) is 5.75 Å². The van der Waals surface area contributed by atoms with Crippen molar-refractivity contribution in [3.63, 3.8) is 0 Å². The summed E-state index contributed by atoms with van der Waals surface area (Å²) < 4.78 is 1.60. The quantitative estimate of drug-likeness (QED) is 0.460. The van der Waals surface area contributed by atoms with Crippen LogP contribution < -0.4 is 0 Å². The van der Waals surface area contributed by atoms with Crippen LogP contribution >= 0.6 is 38.5 Å². The minimum atomic E-state index is 0.182. The number of hydrogen-bond donors (Lipinski definition) is 1.